The molecule has 20 heavy (non-hydrogen) atoms. The summed E-state index contributed by atoms with van der Waals surface area (Å²) >= 11 is 0. The van der Waals surface area contributed by atoms with Gasteiger partial charge < -0.3 is 10.2 Å². The molecule has 0 saturated carbocycles. The van der Waals surface area contributed by atoms with E-state index in [1.807, 2.05) is 18.2 Å². The summed E-state index contributed by atoms with van der Waals surface area (Å²) in [6, 6.07) is 12.4. The maximum absolute atomic E-state index is 11.5. The molecule has 0 bridgehead atoms. The van der Waals surface area contributed by atoms with Crippen molar-refractivity contribution in [1.29, 1.82) is 0 Å². The monoisotopic (exact) mass is 267 g/mol. The predicted molar refractivity (Wildman–Crippen MR) is 78.6 cm³/mol. The van der Waals surface area contributed by atoms with Crippen molar-refractivity contribution in [2.24, 2.45) is 5.41 Å². The maximum Gasteiger partial charge on any atom is 0.220 e. The van der Waals surface area contributed by atoms with Gasteiger partial charge in [0.2, 0.25) is 5.91 Å². The zero-order chi connectivity index (χ0) is 13.6. The minimum absolute atomic E-state index is 0.129. The molecule has 102 valence electrons. The molecule has 1 atom stereocenters. The van der Waals surface area contributed by atoms with Crippen LogP contribution in [0.25, 0.3) is 10.9 Å². The molecule has 1 spiro atoms. The zero-order valence-corrected chi connectivity index (χ0v) is 11.3. The van der Waals surface area contributed by atoms with Crippen molar-refractivity contribution in [1.82, 2.24) is 10.3 Å². The van der Waals surface area contributed by atoms with E-state index in [0.717, 1.165) is 37.4 Å². The first-order chi connectivity index (χ1) is 9.74. The number of pyridine rings is 1. The fourth-order valence-corrected chi connectivity index (χ4v) is 3.40. The van der Waals surface area contributed by atoms with Gasteiger partial charge in [-0.2, -0.15) is 0 Å². The first-order valence-corrected chi connectivity index (χ1v) is 7.12. The molecule has 0 aliphatic carbocycles. The van der Waals surface area contributed by atoms with E-state index >= 15 is 0 Å². The van der Waals surface area contributed by atoms with Gasteiger partial charge in [0.1, 0.15) is 5.82 Å². The number of hydrogen-bond donors (Lipinski definition) is 1. The van der Waals surface area contributed by atoms with Crippen molar-refractivity contribution in [2.75, 3.05) is 24.5 Å². The summed E-state index contributed by atoms with van der Waals surface area (Å²) in [5.74, 6) is 1.22. The molecule has 0 radical (unpaired) electrons. The smallest absolute Gasteiger partial charge is 0.220 e. The van der Waals surface area contributed by atoms with Crippen LogP contribution in [0.5, 0.6) is 0 Å². The summed E-state index contributed by atoms with van der Waals surface area (Å²) in [5.41, 5.74) is 1.16. The Morgan fingerprint density at radius 2 is 2.10 bits per heavy atom. The Morgan fingerprint density at radius 1 is 1.20 bits per heavy atom. The third kappa shape index (κ3) is 1.83. The number of fused-ring (bicyclic) bond motifs is 1. The SMILES string of the molecule is O=C1C[C@@]2(CCN(c3ccc4ccccc4n3)C2)CN1. The summed E-state index contributed by atoms with van der Waals surface area (Å²) in [5, 5.41) is 4.14. The summed E-state index contributed by atoms with van der Waals surface area (Å²) in [6.07, 6.45) is 1.73. The van der Waals surface area contributed by atoms with E-state index in [2.05, 4.69) is 28.4 Å². The fourth-order valence-electron chi connectivity index (χ4n) is 3.40. The number of anilines is 1. The largest absolute Gasteiger partial charge is 0.356 e. The lowest BCUT2D eigenvalue weighted by Gasteiger charge is -2.22. The van der Waals surface area contributed by atoms with Gasteiger partial charge in [0.15, 0.2) is 0 Å². The van der Waals surface area contributed by atoms with Crippen LogP contribution in [0.15, 0.2) is 36.4 Å². The molecule has 2 aliphatic rings. The Morgan fingerprint density at radius 3 is 2.95 bits per heavy atom. The van der Waals surface area contributed by atoms with Crippen molar-refractivity contribution in [3.05, 3.63) is 36.4 Å². The van der Waals surface area contributed by atoms with Crippen molar-refractivity contribution < 1.29 is 4.79 Å². The van der Waals surface area contributed by atoms with Crippen molar-refractivity contribution in [2.45, 2.75) is 12.8 Å². The normalized spacial score (nSPS) is 25.6. The summed E-state index contributed by atoms with van der Waals surface area (Å²) < 4.78 is 0. The van der Waals surface area contributed by atoms with Gasteiger partial charge in [-0.05, 0) is 24.6 Å². The summed E-state index contributed by atoms with van der Waals surface area (Å²) in [4.78, 5) is 18.5. The zero-order valence-electron chi connectivity index (χ0n) is 11.3. The molecule has 4 rings (SSSR count). The number of carbonyl (C=O) groups excluding carboxylic acids is 1. The topological polar surface area (TPSA) is 45.2 Å². The standard InChI is InChI=1S/C16H17N3O/c20-15-9-16(10-17-15)7-8-19(11-16)14-6-5-12-3-1-2-4-13(12)18-14/h1-6H,7-11H2,(H,17,20)/t16-/m0/s1. The Kier molecular flexibility index (Phi) is 2.46. The number of aromatic nitrogens is 1. The van der Waals surface area contributed by atoms with E-state index in [9.17, 15) is 4.79 Å². The maximum atomic E-state index is 11.5. The summed E-state index contributed by atoms with van der Waals surface area (Å²) in [7, 11) is 0. The highest BCUT2D eigenvalue weighted by Gasteiger charge is 2.44. The lowest BCUT2D eigenvalue weighted by molar-refractivity contribution is -0.119. The third-order valence-electron chi connectivity index (χ3n) is 4.54. The van der Waals surface area contributed by atoms with Gasteiger partial charge in [-0.25, -0.2) is 4.98 Å². The number of para-hydroxylation sites is 1. The second kappa shape index (κ2) is 4.20. The van der Waals surface area contributed by atoms with Gasteiger partial charge in [-0.3, -0.25) is 4.79 Å². The Hall–Kier alpha value is -2.10. The second-order valence-electron chi connectivity index (χ2n) is 5.99. The molecule has 4 nitrogen and oxygen atoms in total. The minimum Gasteiger partial charge on any atom is -0.356 e. The fraction of sp³-hybridized carbons (Fsp3) is 0.375. The molecule has 3 heterocycles. The van der Waals surface area contributed by atoms with Gasteiger partial charge in [0, 0.05) is 36.9 Å². The number of nitrogens with zero attached hydrogens (tertiary/aromatic N) is 2. The third-order valence-corrected chi connectivity index (χ3v) is 4.54. The van der Waals surface area contributed by atoms with Crippen LogP contribution in [0.1, 0.15) is 12.8 Å². The van der Waals surface area contributed by atoms with Crippen LogP contribution in [0.2, 0.25) is 0 Å². The van der Waals surface area contributed by atoms with Gasteiger partial charge in [-0.1, -0.05) is 18.2 Å². The van der Waals surface area contributed by atoms with Crippen LogP contribution < -0.4 is 10.2 Å². The van der Waals surface area contributed by atoms with Crippen molar-refractivity contribution in [3.8, 4) is 0 Å². The van der Waals surface area contributed by atoms with E-state index in [1.165, 1.54) is 5.39 Å². The van der Waals surface area contributed by atoms with Crippen LogP contribution in [0, 0.1) is 5.41 Å². The summed E-state index contributed by atoms with van der Waals surface area (Å²) in [6.45, 7) is 2.73. The quantitative estimate of drug-likeness (QED) is 0.859. The minimum atomic E-state index is 0.129. The van der Waals surface area contributed by atoms with Crippen molar-refractivity contribution >= 4 is 22.6 Å². The van der Waals surface area contributed by atoms with E-state index in [4.69, 9.17) is 4.98 Å². The molecule has 1 aromatic heterocycles. The molecule has 1 aromatic carbocycles. The molecule has 2 saturated heterocycles. The van der Waals surface area contributed by atoms with E-state index in [0.29, 0.717) is 6.42 Å². The molecular formula is C16H17N3O. The number of nitrogens with one attached hydrogen (secondary N) is 1. The first kappa shape index (κ1) is 11.7. The average molecular weight is 267 g/mol. The molecule has 1 amide bonds. The number of carbonyl (C=O) groups is 1. The molecular weight excluding hydrogens is 250 g/mol. The van der Waals surface area contributed by atoms with Crippen LogP contribution in [0.4, 0.5) is 5.82 Å². The van der Waals surface area contributed by atoms with Gasteiger partial charge >= 0.3 is 0 Å². The number of benzene rings is 1. The Bertz CT molecular complexity index is 684. The molecule has 0 unspecified atom stereocenters. The Labute approximate surface area is 117 Å². The first-order valence-electron chi connectivity index (χ1n) is 7.12. The number of rotatable bonds is 1. The highest BCUT2D eigenvalue weighted by molar-refractivity contribution is 5.81. The van der Waals surface area contributed by atoms with E-state index in [1.54, 1.807) is 0 Å². The molecule has 2 aliphatic heterocycles. The Balaban J connectivity index is 1.62. The van der Waals surface area contributed by atoms with Crippen LogP contribution in [0.3, 0.4) is 0 Å². The van der Waals surface area contributed by atoms with Gasteiger partial charge in [0.05, 0.1) is 5.52 Å². The van der Waals surface area contributed by atoms with E-state index in [-0.39, 0.29) is 11.3 Å². The van der Waals surface area contributed by atoms with Gasteiger partial charge in [0.25, 0.3) is 0 Å². The van der Waals surface area contributed by atoms with Crippen molar-refractivity contribution in [3.63, 3.8) is 0 Å². The molecule has 2 aromatic rings. The van der Waals surface area contributed by atoms with Crippen LogP contribution >= 0.6 is 0 Å². The molecule has 1 N–H and O–H groups in total. The highest BCUT2D eigenvalue weighted by atomic mass is 16.1. The van der Waals surface area contributed by atoms with E-state index < -0.39 is 0 Å². The van der Waals surface area contributed by atoms with Crippen LogP contribution in [-0.4, -0.2) is 30.5 Å². The lowest BCUT2D eigenvalue weighted by atomic mass is 9.86. The van der Waals surface area contributed by atoms with Crippen LogP contribution in [-0.2, 0) is 4.79 Å². The average Bonchev–Trinajstić information content (AvgIpc) is 3.05. The van der Waals surface area contributed by atoms with Gasteiger partial charge in [-0.15, -0.1) is 0 Å². The number of hydrogen-bond acceptors (Lipinski definition) is 3. The lowest BCUT2D eigenvalue weighted by Crippen LogP contribution is -2.29. The number of amides is 1. The predicted octanol–water partition coefficient (Wildman–Crippen LogP) is 1.95. The molecule has 4 heteroatoms. The molecule has 2 fully saturated rings. The second-order valence-corrected chi connectivity index (χ2v) is 5.99. The highest BCUT2D eigenvalue weighted by Crippen LogP contribution is 2.38.